The summed E-state index contributed by atoms with van der Waals surface area (Å²) in [4.78, 5) is 25.9. The molecule has 5 rings (SSSR count). The van der Waals surface area contributed by atoms with Crippen LogP contribution in [0.3, 0.4) is 0 Å². The highest BCUT2D eigenvalue weighted by Gasteiger charge is 2.15. The Balaban J connectivity index is 1.30. The fourth-order valence-electron chi connectivity index (χ4n) is 4.03. The van der Waals surface area contributed by atoms with Gasteiger partial charge in [-0.1, -0.05) is 0 Å². The number of rotatable bonds is 6. The van der Waals surface area contributed by atoms with Crippen LogP contribution in [0.1, 0.15) is 28.9 Å². The second-order valence-electron chi connectivity index (χ2n) is 8.29. The summed E-state index contributed by atoms with van der Waals surface area (Å²) in [5.74, 6) is 0.822. The number of anilines is 1. The molecule has 3 aromatic heterocycles. The molecule has 0 radical (unpaired) electrons. The molecule has 0 bridgehead atoms. The third-order valence-corrected chi connectivity index (χ3v) is 5.82. The fraction of sp³-hybridized carbons (Fsp3) is 0.231. The lowest BCUT2D eigenvalue weighted by Gasteiger charge is -2.23. The van der Waals surface area contributed by atoms with Gasteiger partial charge in [-0.25, -0.2) is 0 Å². The number of carbonyl (C=O) groups excluding carboxylic acids is 1. The van der Waals surface area contributed by atoms with Crippen LogP contribution in [0.2, 0.25) is 0 Å². The van der Waals surface area contributed by atoms with Crippen molar-refractivity contribution >= 4 is 22.2 Å². The van der Waals surface area contributed by atoms with E-state index in [1.54, 1.807) is 24.8 Å². The molecular weight excluding hydrogens is 414 g/mol. The first-order valence-corrected chi connectivity index (χ1v) is 11.1. The number of benzene rings is 1. The highest BCUT2D eigenvalue weighted by Crippen LogP contribution is 2.23. The van der Waals surface area contributed by atoms with E-state index in [0.717, 1.165) is 53.7 Å². The molecule has 1 aliphatic heterocycles. The van der Waals surface area contributed by atoms with Gasteiger partial charge in [0.1, 0.15) is 11.9 Å². The van der Waals surface area contributed by atoms with Crippen LogP contribution in [-0.2, 0) is 6.42 Å². The Morgan fingerprint density at radius 3 is 2.55 bits per heavy atom. The zero-order chi connectivity index (χ0) is 22.6. The van der Waals surface area contributed by atoms with Gasteiger partial charge in [-0.05, 0) is 73.8 Å². The molecule has 1 saturated heterocycles. The maximum absolute atomic E-state index is 12.9. The quantitative estimate of drug-likeness (QED) is 0.440. The number of ether oxygens (including phenoxy) is 1. The van der Waals surface area contributed by atoms with E-state index in [2.05, 4.69) is 20.3 Å². The van der Waals surface area contributed by atoms with Gasteiger partial charge in [0.2, 0.25) is 0 Å². The van der Waals surface area contributed by atoms with Gasteiger partial charge in [0.25, 0.3) is 0 Å². The third kappa shape index (κ3) is 4.99. The van der Waals surface area contributed by atoms with Crippen LogP contribution in [0.15, 0.2) is 67.3 Å². The average molecular weight is 440 g/mol. The van der Waals surface area contributed by atoms with Crippen molar-refractivity contribution in [3.63, 3.8) is 0 Å². The van der Waals surface area contributed by atoms with Crippen molar-refractivity contribution in [3.8, 4) is 17.0 Å². The van der Waals surface area contributed by atoms with Crippen molar-refractivity contribution in [2.24, 2.45) is 0 Å². The molecule has 1 fully saturated rings. The standard InChI is InChI=1S/C26H25N5O2/c27-21-9-19(13-29-16-21)25-11-18-10-22(30-14-20(18)15-31-25)12-26(32)17-1-3-23(4-2-17)33-24-5-7-28-8-6-24/h1-4,9-11,13-16,24,28H,5-8,12,27H2. The van der Waals surface area contributed by atoms with E-state index in [1.165, 1.54) is 0 Å². The minimum absolute atomic E-state index is 0.0181. The second-order valence-corrected chi connectivity index (χ2v) is 8.29. The summed E-state index contributed by atoms with van der Waals surface area (Å²) in [7, 11) is 0. The molecule has 0 unspecified atom stereocenters. The fourth-order valence-corrected chi connectivity index (χ4v) is 4.03. The Labute approximate surface area is 192 Å². The first-order chi connectivity index (χ1) is 16.1. The maximum Gasteiger partial charge on any atom is 0.168 e. The van der Waals surface area contributed by atoms with Crippen LogP contribution in [0.5, 0.6) is 5.75 Å². The SMILES string of the molecule is Nc1cncc(-c2cc3cc(CC(=O)c4ccc(OC5CCNCC5)cc4)ncc3cn2)c1. The van der Waals surface area contributed by atoms with Gasteiger partial charge in [0, 0.05) is 47.0 Å². The van der Waals surface area contributed by atoms with Crippen molar-refractivity contribution in [3.05, 3.63) is 78.5 Å². The Hall–Kier alpha value is -3.84. The van der Waals surface area contributed by atoms with Gasteiger partial charge in [0.15, 0.2) is 5.78 Å². The molecule has 0 saturated carbocycles. The minimum atomic E-state index is 0.0181. The van der Waals surface area contributed by atoms with Crippen LogP contribution >= 0.6 is 0 Å². The Bertz CT molecular complexity index is 1280. The minimum Gasteiger partial charge on any atom is -0.490 e. The number of pyridine rings is 3. The predicted molar refractivity (Wildman–Crippen MR) is 128 cm³/mol. The zero-order valence-corrected chi connectivity index (χ0v) is 18.2. The number of aromatic nitrogens is 3. The smallest absolute Gasteiger partial charge is 0.168 e. The molecule has 33 heavy (non-hydrogen) atoms. The van der Waals surface area contributed by atoms with E-state index in [9.17, 15) is 4.79 Å². The zero-order valence-electron chi connectivity index (χ0n) is 18.2. The number of piperidine rings is 1. The van der Waals surface area contributed by atoms with E-state index in [-0.39, 0.29) is 18.3 Å². The highest BCUT2D eigenvalue weighted by molar-refractivity contribution is 5.98. The van der Waals surface area contributed by atoms with Gasteiger partial charge in [0.05, 0.1) is 17.8 Å². The summed E-state index contributed by atoms with van der Waals surface area (Å²) in [6, 6.07) is 13.1. The first-order valence-electron chi connectivity index (χ1n) is 11.1. The van der Waals surface area contributed by atoms with Crippen molar-refractivity contribution in [1.29, 1.82) is 0 Å². The average Bonchev–Trinajstić information content (AvgIpc) is 2.85. The number of Topliss-reactive ketones (excluding diaryl/α,β-unsaturated/α-hetero) is 1. The van der Waals surface area contributed by atoms with Gasteiger partial charge in [-0.3, -0.25) is 19.7 Å². The van der Waals surface area contributed by atoms with Gasteiger partial charge in [-0.15, -0.1) is 0 Å². The van der Waals surface area contributed by atoms with Crippen molar-refractivity contribution in [1.82, 2.24) is 20.3 Å². The number of hydrogen-bond donors (Lipinski definition) is 2. The lowest BCUT2D eigenvalue weighted by atomic mass is 10.0. The summed E-state index contributed by atoms with van der Waals surface area (Å²) in [6.07, 6.45) is 9.31. The molecule has 1 aromatic carbocycles. The van der Waals surface area contributed by atoms with E-state index >= 15 is 0 Å². The van der Waals surface area contributed by atoms with E-state index in [1.807, 2.05) is 42.5 Å². The summed E-state index contributed by atoms with van der Waals surface area (Å²) < 4.78 is 6.03. The van der Waals surface area contributed by atoms with Gasteiger partial charge < -0.3 is 15.8 Å². The molecule has 4 heterocycles. The molecule has 1 aliphatic rings. The maximum atomic E-state index is 12.9. The lowest BCUT2D eigenvalue weighted by Crippen LogP contribution is -2.34. The summed E-state index contributed by atoms with van der Waals surface area (Å²) in [6.45, 7) is 1.96. The molecule has 0 atom stereocenters. The number of fused-ring (bicyclic) bond motifs is 1. The van der Waals surface area contributed by atoms with Crippen molar-refractivity contribution in [2.45, 2.75) is 25.4 Å². The molecule has 0 spiro atoms. The van der Waals surface area contributed by atoms with Gasteiger partial charge in [-0.2, -0.15) is 0 Å². The van der Waals surface area contributed by atoms with Crippen LogP contribution in [0.4, 0.5) is 5.69 Å². The number of hydrogen-bond acceptors (Lipinski definition) is 7. The lowest BCUT2D eigenvalue weighted by molar-refractivity contribution is 0.0992. The Kier molecular flexibility index (Phi) is 5.95. The van der Waals surface area contributed by atoms with Crippen LogP contribution in [0.25, 0.3) is 22.0 Å². The number of nitrogens with zero attached hydrogens (tertiary/aromatic N) is 3. The van der Waals surface area contributed by atoms with E-state index in [0.29, 0.717) is 16.9 Å². The molecule has 166 valence electrons. The third-order valence-electron chi connectivity index (χ3n) is 5.82. The number of nitrogens with two attached hydrogens (primary N) is 1. The predicted octanol–water partition coefficient (Wildman–Crippen LogP) is 3.83. The van der Waals surface area contributed by atoms with E-state index in [4.69, 9.17) is 10.5 Å². The topological polar surface area (TPSA) is 103 Å². The molecular formula is C26H25N5O2. The second kappa shape index (κ2) is 9.34. The molecule has 7 nitrogen and oxygen atoms in total. The first kappa shape index (κ1) is 21.0. The molecule has 7 heteroatoms. The van der Waals surface area contributed by atoms with Gasteiger partial charge >= 0.3 is 0 Å². The van der Waals surface area contributed by atoms with Crippen LogP contribution in [-0.4, -0.2) is 39.9 Å². The number of ketones is 1. The largest absolute Gasteiger partial charge is 0.490 e. The highest BCUT2D eigenvalue weighted by atomic mass is 16.5. The monoisotopic (exact) mass is 439 g/mol. The number of nitrogen functional groups attached to an aromatic ring is 1. The van der Waals surface area contributed by atoms with Crippen LogP contribution in [0, 0.1) is 0 Å². The molecule has 0 aliphatic carbocycles. The summed E-state index contributed by atoms with van der Waals surface area (Å²) in [5.41, 5.74) is 9.42. The van der Waals surface area contributed by atoms with Crippen molar-refractivity contribution < 1.29 is 9.53 Å². The molecule has 0 amide bonds. The Morgan fingerprint density at radius 1 is 0.970 bits per heavy atom. The van der Waals surface area contributed by atoms with E-state index < -0.39 is 0 Å². The summed E-state index contributed by atoms with van der Waals surface area (Å²) >= 11 is 0. The molecule has 4 aromatic rings. The normalized spacial score (nSPS) is 14.3. The van der Waals surface area contributed by atoms with Crippen molar-refractivity contribution in [2.75, 3.05) is 18.8 Å². The Morgan fingerprint density at radius 2 is 1.76 bits per heavy atom. The number of carbonyl (C=O) groups is 1. The van der Waals surface area contributed by atoms with Crippen LogP contribution < -0.4 is 15.8 Å². The number of nitrogens with one attached hydrogen (secondary N) is 1. The summed E-state index contributed by atoms with van der Waals surface area (Å²) in [5, 5.41) is 5.20. The molecule has 3 N–H and O–H groups in total.